The zero-order chi connectivity index (χ0) is 18.3. The van der Waals surface area contributed by atoms with Gasteiger partial charge in [0.05, 0.1) is 11.4 Å². The van der Waals surface area contributed by atoms with Gasteiger partial charge in [-0.25, -0.2) is 18.3 Å². The number of ether oxygens (including phenoxy) is 1. The highest BCUT2D eigenvalue weighted by atomic mass is 32.1. The van der Waals surface area contributed by atoms with Crippen molar-refractivity contribution < 1.29 is 18.3 Å². The van der Waals surface area contributed by atoms with Crippen LogP contribution in [0.4, 0.5) is 8.78 Å². The molecule has 0 radical (unpaired) electrons. The Morgan fingerprint density at radius 1 is 1.12 bits per heavy atom. The van der Waals surface area contributed by atoms with Gasteiger partial charge < -0.3 is 4.74 Å². The van der Waals surface area contributed by atoms with E-state index in [-0.39, 0.29) is 11.6 Å². The van der Waals surface area contributed by atoms with E-state index in [0.717, 1.165) is 16.7 Å². The van der Waals surface area contributed by atoms with Crippen LogP contribution in [0, 0.1) is 18.6 Å². The van der Waals surface area contributed by atoms with Crippen molar-refractivity contribution in [1.82, 2.24) is 9.78 Å². The van der Waals surface area contributed by atoms with Gasteiger partial charge in [-0.1, -0.05) is 18.2 Å². The van der Waals surface area contributed by atoms with Gasteiger partial charge in [-0.15, -0.1) is 11.3 Å². The molecule has 4 rings (SSSR count). The molecule has 0 amide bonds. The fourth-order valence-electron chi connectivity index (χ4n) is 2.61. The van der Waals surface area contributed by atoms with Crippen LogP contribution < -0.4 is 4.74 Å². The minimum atomic E-state index is -0.651. The number of aryl methyl sites for hydroxylation is 1. The normalized spacial score (nSPS) is 11.0. The second-order valence-corrected chi connectivity index (χ2v) is 6.66. The zero-order valence-electron chi connectivity index (χ0n) is 13.6. The average Bonchev–Trinajstić information content (AvgIpc) is 3.18. The second kappa shape index (κ2) is 6.34. The lowest BCUT2D eigenvalue weighted by Crippen LogP contribution is -2.07. The molecule has 0 aliphatic carbocycles. The van der Waals surface area contributed by atoms with Gasteiger partial charge in [0, 0.05) is 5.39 Å². The minimum absolute atomic E-state index is 0.126. The number of nitrogens with zero attached hydrogens (tertiary/aromatic N) is 2. The molecule has 0 N–H and O–H groups in total. The van der Waals surface area contributed by atoms with E-state index in [9.17, 15) is 13.6 Å². The minimum Gasteiger partial charge on any atom is -0.419 e. The van der Waals surface area contributed by atoms with Gasteiger partial charge in [-0.3, -0.25) is 0 Å². The number of carbonyl (C=O) groups is 1. The Hall–Kier alpha value is -3.06. The molecule has 0 aliphatic rings. The highest BCUT2D eigenvalue weighted by molar-refractivity contribution is 7.20. The smallest absolute Gasteiger partial charge is 0.353 e. The number of para-hydroxylation sites is 1. The molecule has 26 heavy (non-hydrogen) atoms. The number of hydrogen-bond acceptors (Lipinski definition) is 4. The molecular formula is C19H12F2N2O2S. The van der Waals surface area contributed by atoms with Crippen LogP contribution in [-0.2, 0) is 0 Å². The number of fused-ring (bicyclic) bond motifs is 1. The first-order valence-corrected chi connectivity index (χ1v) is 8.56. The van der Waals surface area contributed by atoms with E-state index < -0.39 is 11.8 Å². The van der Waals surface area contributed by atoms with E-state index >= 15 is 0 Å². The average molecular weight is 370 g/mol. The number of thiophene rings is 1. The van der Waals surface area contributed by atoms with Crippen LogP contribution in [0.25, 0.3) is 15.9 Å². The third-order valence-corrected chi connectivity index (χ3v) is 4.93. The molecule has 2 aromatic heterocycles. The molecule has 4 nitrogen and oxygen atoms in total. The first kappa shape index (κ1) is 16.4. The molecule has 4 aromatic rings. The first-order chi connectivity index (χ1) is 12.5. The lowest BCUT2D eigenvalue weighted by Gasteiger charge is -2.03. The Kier molecular flexibility index (Phi) is 4.00. The lowest BCUT2D eigenvalue weighted by atomic mass is 10.3. The maximum absolute atomic E-state index is 13.7. The number of benzene rings is 2. The number of aromatic nitrogens is 2. The SMILES string of the molecule is Cc1nn(-c2cccc(F)c2)c2sc(C(=O)Oc3ccccc3F)cc12. The number of carbonyl (C=O) groups excluding carboxylic acids is 1. The summed E-state index contributed by atoms with van der Waals surface area (Å²) in [5.74, 6) is -1.76. The summed E-state index contributed by atoms with van der Waals surface area (Å²) in [6.07, 6.45) is 0. The highest BCUT2D eigenvalue weighted by Gasteiger charge is 2.19. The van der Waals surface area contributed by atoms with Crippen LogP contribution in [0.2, 0.25) is 0 Å². The quantitative estimate of drug-likeness (QED) is 0.381. The molecule has 0 spiro atoms. The number of halogens is 2. The second-order valence-electron chi connectivity index (χ2n) is 5.63. The lowest BCUT2D eigenvalue weighted by molar-refractivity contribution is 0.0733. The van der Waals surface area contributed by atoms with Crippen molar-refractivity contribution in [2.75, 3.05) is 0 Å². The van der Waals surface area contributed by atoms with E-state index in [4.69, 9.17) is 4.74 Å². The van der Waals surface area contributed by atoms with Crippen molar-refractivity contribution in [3.05, 3.63) is 76.8 Å². The van der Waals surface area contributed by atoms with Crippen molar-refractivity contribution in [3.8, 4) is 11.4 Å². The monoisotopic (exact) mass is 370 g/mol. The van der Waals surface area contributed by atoms with Crippen LogP contribution >= 0.6 is 11.3 Å². The molecule has 130 valence electrons. The standard InChI is InChI=1S/C19H12F2N2O2S/c1-11-14-10-17(19(24)25-16-8-3-2-7-15(16)21)26-18(14)23(22-11)13-6-4-5-12(20)9-13/h2-10H,1H3. The van der Waals surface area contributed by atoms with Crippen molar-refractivity contribution in [2.24, 2.45) is 0 Å². The molecular weight excluding hydrogens is 358 g/mol. The number of hydrogen-bond donors (Lipinski definition) is 0. The van der Waals surface area contributed by atoms with Crippen LogP contribution in [0.1, 0.15) is 15.4 Å². The third kappa shape index (κ3) is 2.86. The summed E-state index contributed by atoms with van der Waals surface area (Å²) in [5, 5.41) is 5.17. The summed E-state index contributed by atoms with van der Waals surface area (Å²) in [6.45, 7) is 1.80. The Morgan fingerprint density at radius 2 is 1.92 bits per heavy atom. The largest absolute Gasteiger partial charge is 0.419 e. The molecule has 0 unspecified atom stereocenters. The van der Waals surface area contributed by atoms with Gasteiger partial charge in [0.1, 0.15) is 15.5 Å². The van der Waals surface area contributed by atoms with E-state index in [0.29, 0.717) is 21.1 Å². The van der Waals surface area contributed by atoms with E-state index in [1.165, 1.54) is 30.3 Å². The molecule has 0 bridgehead atoms. The van der Waals surface area contributed by atoms with Crippen LogP contribution in [0.5, 0.6) is 5.75 Å². The van der Waals surface area contributed by atoms with Gasteiger partial charge >= 0.3 is 5.97 Å². The van der Waals surface area contributed by atoms with E-state index in [1.807, 2.05) is 0 Å². The topological polar surface area (TPSA) is 44.1 Å². The van der Waals surface area contributed by atoms with Gasteiger partial charge in [0.25, 0.3) is 0 Å². The molecule has 2 heterocycles. The molecule has 0 fully saturated rings. The van der Waals surface area contributed by atoms with Crippen molar-refractivity contribution in [1.29, 1.82) is 0 Å². The van der Waals surface area contributed by atoms with E-state index in [1.54, 1.807) is 35.9 Å². The Bertz CT molecular complexity index is 1130. The zero-order valence-corrected chi connectivity index (χ0v) is 14.4. The summed E-state index contributed by atoms with van der Waals surface area (Å²) in [7, 11) is 0. The van der Waals surface area contributed by atoms with Crippen molar-refractivity contribution in [3.63, 3.8) is 0 Å². The van der Waals surface area contributed by atoms with Gasteiger partial charge in [0.15, 0.2) is 11.6 Å². The molecule has 2 aromatic carbocycles. The maximum atomic E-state index is 13.7. The van der Waals surface area contributed by atoms with Crippen molar-refractivity contribution >= 4 is 27.5 Å². The molecule has 0 aliphatic heterocycles. The van der Waals surface area contributed by atoms with Gasteiger partial charge in [0.2, 0.25) is 0 Å². The summed E-state index contributed by atoms with van der Waals surface area (Å²) in [6, 6.07) is 13.4. The van der Waals surface area contributed by atoms with Crippen LogP contribution in [0.3, 0.4) is 0 Å². The predicted molar refractivity (Wildman–Crippen MR) is 95.0 cm³/mol. The maximum Gasteiger partial charge on any atom is 0.353 e. The first-order valence-electron chi connectivity index (χ1n) is 7.75. The number of esters is 1. The fraction of sp³-hybridized carbons (Fsp3) is 0.0526. The fourth-order valence-corrected chi connectivity index (χ4v) is 3.67. The Morgan fingerprint density at radius 3 is 2.69 bits per heavy atom. The third-order valence-electron chi connectivity index (χ3n) is 3.84. The molecule has 7 heteroatoms. The van der Waals surface area contributed by atoms with Gasteiger partial charge in [-0.05, 0) is 43.3 Å². The Balaban J connectivity index is 1.73. The highest BCUT2D eigenvalue weighted by Crippen LogP contribution is 2.31. The predicted octanol–water partition coefficient (Wildman–Crippen LogP) is 4.89. The molecule has 0 saturated heterocycles. The summed E-state index contributed by atoms with van der Waals surface area (Å²) >= 11 is 1.16. The summed E-state index contributed by atoms with van der Waals surface area (Å²) < 4.78 is 33.9. The molecule has 0 atom stereocenters. The summed E-state index contributed by atoms with van der Waals surface area (Å²) in [5.41, 5.74) is 1.25. The van der Waals surface area contributed by atoms with Crippen LogP contribution in [-0.4, -0.2) is 15.7 Å². The number of rotatable bonds is 3. The van der Waals surface area contributed by atoms with Crippen LogP contribution in [0.15, 0.2) is 54.6 Å². The van der Waals surface area contributed by atoms with E-state index in [2.05, 4.69) is 5.10 Å². The van der Waals surface area contributed by atoms with Gasteiger partial charge in [-0.2, -0.15) is 5.10 Å². The molecule has 0 saturated carbocycles. The van der Waals surface area contributed by atoms with Crippen molar-refractivity contribution in [2.45, 2.75) is 6.92 Å². The summed E-state index contributed by atoms with van der Waals surface area (Å²) in [4.78, 5) is 13.4. The Labute approximate surface area is 151 Å².